The smallest absolute Gasteiger partial charge is 0.322 e. The van der Waals surface area contributed by atoms with Crippen LogP contribution in [-0.4, -0.2) is 34.1 Å². The summed E-state index contributed by atoms with van der Waals surface area (Å²) in [6.07, 6.45) is 0.751. The maximum atomic E-state index is 13.8. The third-order valence-corrected chi connectivity index (χ3v) is 7.19. The number of halogens is 2. The van der Waals surface area contributed by atoms with Crippen molar-refractivity contribution in [2.24, 2.45) is 5.92 Å². The van der Waals surface area contributed by atoms with Gasteiger partial charge >= 0.3 is 6.03 Å². The number of anilines is 1. The number of carbonyl (C=O) groups excluding carboxylic acids is 1. The topological polar surface area (TPSA) is 76.5 Å². The Bertz CT molecular complexity index is 1500. The molecule has 198 valence electrons. The number of rotatable bonds is 8. The molecule has 0 fully saturated rings. The minimum absolute atomic E-state index is 0.218. The number of methoxy groups -OCH3 is 1. The number of amides is 2. The van der Waals surface area contributed by atoms with Crippen LogP contribution < -0.4 is 15.6 Å². The summed E-state index contributed by atoms with van der Waals surface area (Å²) in [6.45, 7) is 6.50. The molecule has 0 radical (unpaired) electrons. The average molecular weight is 553 g/mol. The molecule has 1 heterocycles. The highest BCUT2D eigenvalue weighted by Gasteiger charge is 2.27. The minimum Gasteiger partial charge on any atom is -0.497 e. The number of hydrogen-bond acceptors (Lipinski definition) is 4. The SMILES string of the molecule is COc1ccc(-n2c(C(C)N(CCC(C)C)C(=O)Nc3cccc(Cl)c3Cl)nc3ccccc3c2=O)cc1. The van der Waals surface area contributed by atoms with Crippen molar-refractivity contribution in [1.29, 1.82) is 0 Å². The van der Waals surface area contributed by atoms with E-state index in [2.05, 4.69) is 19.2 Å². The first-order valence-electron chi connectivity index (χ1n) is 12.4. The number of benzene rings is 3. The van der Waals surface area contributed by atoms with E-state index in [-0.39, 0.29) is 16.6 Å². The van der Waals surface area contributed by atoms with Crippen LogP contribution in [0.1, 0.15) is 39.1 Å². The summed E-state index contributed by atoms with van der Waals surface area (Å²) in [5, 5.41) is 3.98. The first kappa shape index (κ1) is 27.5. The quantitative estimate of drug-likeness (QED) is 0.248. The Kier molecular flexibility index (Phi) is 8.59. The Balaban J connectivity index is 1.83. The van der Waals surface area contributed by atoms with Crippen LogP contribution in [0.3, 0.4) is 0 Å². The predicted molar refractivity (Wildman–Crippen MR) is 154 cm³/mol. The third kappa shape index (κ3) is 5.79. The van der Waals surface area contributed by atoms with E-state index in [1.807, 2.05) is 19.1 Å². The van der Waals surface area contributed by atoms with Gasteiger partial charge in [-0.15, -0.1) is 0 Å². The van der Waals surface area contributed by atoms with Gasteiger partial charge in [0.2, 0.25) is 0 Å². The molecule has 0 aliphatic rings. The van der Waals surface area contributed by atoms with Crippen LogP contribution in [-0.2, 0) is 0 Å². The lowest BCUT2D eigenvalue weighted by molar-refractivity contribution is 0.185. The van der Waals surface area contributed by atoms with Gasteiger partial charge in [-0.25, -0.2) is 9.78 Å². The molecule has 1 unspecified atom stereocenters. The van der Waals surface area contributed by atoms with E-state index in [1.54, 1.807) is 71.2 Å². The molecule has 1 atom stereocenters. The maximum Gasteiger partial charge on any atom is 0.322 e. The Hall–Kier alpha value is -3.55. The summed E-state index contributed by atoms with van der Waals surface area (Å²) in [4.78, 5) is 34.0. The first-order valence-corrected chi connectivity index (χ1v) is 13.1. The van der Waals surface area contributed by atoms with Gasteiger partial charge in [0.1, 0.15) is 11.6 Å². The third-order valence-electron chi connectivity index (χ3n) is 6.37. The lowest BCUT2D eigenvalue weighted by Gasteiger charge is -2.31. The molecule has 0 spiro atoms. The fourth-order valence-corrected chi connectivity index (χ4v) is 4.55. The molecule has 0 aliphatic carbocycles. The molecule has 0 bridgehead atoms. The number of ether oxygens (including phenoxy) is 1. The normalized spacial score (nSPS) is 12.0. The second-order valence-electron chi connectivity index (χ2n) is 9.41. The fourth-order valence-electron chi connectivity index (χ4n) is 4.21. The van der Waals surface area contributed by atoms with Crippen molar-refractivity contribution in [3.63, 3.8) is 0 Å². The summed E-state index contributed by atoms with van der Waals surface area (Å²) >= 11 is 12.5. The molecule has 7 nitrogen and oxygen atoms in total. The second-order valence-corrected chi connectivity index (χ2v) is 10.2. The van der Waals surface area contributed by atoms with Crippen LogP contribution in [0.5, 0.6) is 5.75 Å². The number of hydrogen-bond donors (Lipinski definition) is 1. The Morgan fingerprint density at radius 2 is 1.74 bits per heavy atom. The lowest BCUT2D eigenvalue weighted by Crippen LogP contribution is -2.40. The second kappa shape index (κ2) is 11.9. The summed E-state index contributed by atoms with van der Waals surface area (Å²) in [5.41, 5.74) is 1.37. The number of nitrogens with one attached hydrogen (secondary N) is 1. The van der Waals surface area contributed by atoms with Crippen LogP contribution >= 0.6 is 23.2 Å². The van der Waals surface area contributed by atoms with Crippen molar-refractivity contribution in [3.8, 4) is 11.4 Å². The van der Waals surface area contributed by atoms with E-state index in [0.717, 1.165) is 6.42 Å². The van der Waals surface area contributed by atoms with Gasteiger partial charge in [0.15, 0.2) is 0 Å². The standard InChI is InChI=1S/C29H30Cl2N4O3/c1-18(2)16-17-34(29(37)33-25-11-7-9-23(30)26(25)31)19(3)27-32-24-10-6-5-8-22(24)28(36)35(27)20-12-14-21(38-4)15-13-20/h5-15,18-19H,16-17H2,1-4H3,(H,33,37). The molecular weight excluding hydrogens is 523 g/mol. The Labute approximate surface area is 232 Å². The molecule has 3 aromatic carbocycles. The van der Waals surface area contributed by atoms with E-state index in [0.29, 0.717) is 51.3 Å². The fraction of sp³-hybridized carbons (Fsp3) is 0.276. The first-order chi connectivity index (χ1) is 18.2. The van der Waals surface area contributed by atoms with Gasteiger partial charge < -0.3 is 15.0 Å². The number of carbonyl (C=O) groups is 1. The Morgan fingerprint density at radius 3 is 2.42 bits per heavy atom. The number of fused-ring (bicyclic) bond motifs is 1. The molecular formula is C29H30Cl2N4O3. The van der Waals surface area contributed by atoms with Crippen molar-refractivity contribution in [1.82, 2.24) is 14.5 Å². The average Bonchev–Trinajstić information content (AvgIpc) is 2.91. The molecule has 0 aliphatic heterocycles. The number of nitrogens with zero attached hydrogens (tertiary/aromatic N) is 3. The molecule has 1 N–H and O–H groups in total. The highest BCUT2D eigenvalue weighted by molar-refractivity contribution is 6.43. The van der Waals surface area contributed by atoms with Gasteiger partial charge in [-0.1, -0.05) is 55.2 Å². The van der Waals surface area contributed by atoms with Gasteiger partial charge in [-0.05, 0) is 67.8 Å². The summed E-state index contributed by atoms with van der Waals surface area (Å²) < 4.78 is 6.86. The minimum atomic E-state index is -0.564. The van der Waals surface area contributed by atoms with Gasteiger partial charge in [0, 0.05) is 6.54 Å². The largest absolute Gasteiger partial charge is 0.497 e. The van der Waals surface area contributed by atoms with Crippen LogP contribution in [0.4, 0.5) is 10.5 Å². The molecule has 38 heavy (non-hydrogen) atoms. The zero-order valence-electron chi connectivity index (χ0n) is 21.7. The summed E-state index contributed by atoms with van der Waals surface area (Å²) in [6, 6.07) is 18.5. The van der Waals surface area contributed by atoms with Crippen LogP contribution in [0.2, 0.25) is 10.0 Å². The molecule has 1 aromatic heterocycles. The monoisotopic (exact) mass is 552 g/mol. The molecule has 4 rings (SSSR count). The van der Waals surface area contributed by atoms with Gasteiger partial charge in [-0.2, -0.15) is 0 Å². The highest BCUT2D eigenvalue weighted by Crippen LogP contribution is 2.31. The van der Waals surface area contributed by atoms with E-state index in [9.17, 15) is 9.59 Å². The van der Waals surface area contributed by atoms with E-state index >= 15 is 0 Å². The van der Waals surface area contributed by atoms with Crippen LogP contribution in [0, 0.1) is 5.92 Å². The summed E-state index contributed by atoms with van der Waals surface area (Å²) in [5.74, 6) is 1.46. The molecule has 2 amide bonds. The van der Waals surface area contributed by atoms with Gasteiger partial charge in [0.05, 0.1) is 45.5 Å². The van der Waals surface area contributed by atoms with Crippen molar-refractivity contribution in [2.45, 2.75) is 33.2 Å². The maximum absolute atomic E-state index is 13.8. The van der Waals surface area contributed by atoms with Crippen LogP contribution in [0.15, 0.2) is 71.5 Å². The zero-order chi connectivity index (χ0) is 27.4. The van der Waals surface area contributed by atoms with E-state index in [1.165, 1.54) is 0 Å². The van der Waals surface area contributed by atoms with Crippen molar-refractivity contribution < 1.29 is 9.53 Å². The Morgan fingerprint density at radius 1 is 1.03 bits per heavy atom. The van der Waals surface area contributed by atoms with Crippen molar-refractivity contribution in [3.05, 3.63) is 93.0 Å². The van der Waals surface area contributed by atoms with E-state index < -0.39 is 6.04 Å². The van der Waals surface area contributed by atoms with Gasteiger partial charge in [-0.3, -0.25) is 9.36 Å². The zero-order valence-corrected chi connectivity index (χ0v) is 23.3. The lowest BCUT2D eigenvalue weighted by atomic mass is 10.1. The van der Waals surface area contributed by atoms with Crippen LogP contribution in [0.25, 0.3) is 16.6 Å². The van der Waals surface area contributed by atoms with Crippen molar-refractivity contribution in [2.75, 3.05) is 19.0 Å². The van der Waals surface area contributed by atoms with Crippen molar-refractivity contribution >= 4 is 45.8 Å². The number of aromatic nitrogens is 2. The highest BCUT2D eigenvalue weighted by atomic mass is 35.5. The molecule has 4 aromatic rings. The molecule has 9 heteroatoms. The molecule has 0 saturated carbocycles. The summed E-state index contributed by atoms with van der Waals surface area (Å²) in [7, 11) is 1.59. The van der Waals surface area contributed by atoms with E-state index in [4.69, 9.17) is 32.9 Å². The predicted octanol–water partition coefficient (Wildman–Crippen LogP) is 7.34. The number of urea groups is 1. The molecule has 0 saturated heterocycles. The van der Waals surface area contributed by atoms with Gasteiger partial charge in [0.25, 0.3) is 5.56 Å². The number of para-hydroxylation sites is 1.